The molecule has 88 valence electrons. The summed E-state index contributed by atoms with van der Waals surface area (Å²) in [6.07, 6.45) is 4.99. The van der Waals surface area contributed by atoms with Gasteiger partial charge in [-0.25, -0.2) is 0 Å². The fourth-order valence-electron chi connectivity index (χ4n) is 1.67. The molecule has 0 spiro atoms. The molecule has 16 heavy (non-hydrogen) atoms. The van der Waals surface area contributed by atoms with Crippen LogP contribution in [-0.2, 0) is 12.8 Å². The summed E-state index contributed by atoms with van der Waals surface area (Å²) in [5.74, 6) is 0. The summed E-state index contributed by atoms with van der Waals surface area (Å²) in [4.78, 5) is 9.91. The maximum atomic E-state index is 10.2. The number of nitro groups is 1. The summed E-state index contributed by atoms with van der Waals surface area (Å²) in [5, 5.41) is 10.2. The third-order valence-electron chi connectivity index (χ3n) is 2.65. The van der Waals surface area contributed by atoms with Crippen LogP contribution in [0.5, 0.6) is 0 Å². The van der Waals surface area contributed by atoms with E-state index in [1.54, 1.807) is 0 Å². The number of nitrogens with zero attached hydrogens (tertiary/aromatic N) is 1. The monoisotopic (exact) mass is 221 g/mol. The molecule has 0 fully saturated rings. The summed E-state index contributed by atoms with van der Waals surface area (Å²) in [6, 6.07) is 8.45. The maximum Gasteiger partial charge on any atom is 0.204 e. The van der Waals surface area contributed by atoms with E-state index in [1.165, 1.54) is 24.0 Å². The predicted molar refractivity (Wildman–Crippen MR) is 65.2 cm³/mol. The summed E-state index contributed by atoms with van der Waals surface area (Å²) >= 11 is 0. The highest BCUT2D eigenvalue weighted by molar-refractivity contribution is 5.22. The van der Waals surface area contributed by atoms with Crippen molar-refractivity contribution in [3.05, 3.63) is 45.5 Å². The molecule has 0 saturated carbocycles. The van der Waals surface area contributed by atoms with Gasteiger partial charge in [0, 0.05) is 11.3 Å². The second kappa shape index (κ2) is 6.99. The molecule has 0 aliphatic heterocycles. The van der Waals surface area contributed by atoms with Gasteiger partial charge in [-0.1, -0.05) is 37.6 Å². The van der Waals surface area contributed by atoms with Crippen molar-refractivity contribution in [3.8, 4) is 0 Å². The highest BCUT2D eigenvalue weighted by atomic mass is 16.6. The summed E-state index contributed by atoms with van der Waals surface area (Å²) in [7, 11) is 0. The van der Waals surface area contributed by atoms with E-state index in [4.69, 9.17) is 0 Å². The number of benzene rings is 1. The van der Waals surface area contributed by atoms with Crippen molar-refractivity contribution >= 4 is 0 Å². The molecule has 0 amide bonds. The number of hydrogen-bond acceptors (Lipinski definition) is 2. The molecule has 0 unspecified atom stereocenters. The molecule has 1 rings (SSSR count). The van der Waals surface area contributed by atoms with E-state index in [0.29, 0.717) is 6.42 Å². The lowest BCUT2D eigenvalue weighted by molar-refractivity contribution is -0.480. The Labute approximate surface area is 96.6 Å². The van der Waals surface area contributed by atoms with E-state index in [9.17, 15) is 10.1 Å². The first-order chi connectivity index (χ1) is 7.72. The molecule has 0 aliphatic rings. The van der Waals surface area contributed by atoms with Gasteiger partial charge in [0.05, 0.1) is 0 Å². The lowest BCUT2D eigenvalue weighted by Gasteiger charge is -2.02. The van der Waals surface area contributed by atoms with Gasteiger partial charge in [0.15, 0.2) is 0 Å². The summed E-state index contributed by atoms with van der Waals surface area (Å²) in [6.45, 7) is 2.25. The van der Waals surface area contributed by atoms with Crippen LogP contribution in [0.4, 0.5) is 0 Å². The first-order valence-corrected chi connectivity index (χ1v) is 5.92. The topological polar surface area (TPSA) is 43.1 Å². The Morgan fingerprint density at radius 3 is 2.00 bits per heavy atom. The average molecular weight is 221 g/mol. The highest BCUT2D eigenvalue weighted by Crippen LogP contribution is 2.09. The standard InChI is InChI=1S/C13H19NO2/c1-2-3-5-12-7-9-13(10-8-12)6-4-11-14(15)16/h7-10H,2-6,11H2,1H3. The number of aryl methyl sites for hydroxylation is 2. The van der Waals surface area contributed by atoms with Crippen molar-refractivity contribution in [2.45, 2.75) is 39.0 Å². The summed E-state index contributed by atoms with van der Waals surface area (Å²) < 4.78 is 0. The Morgan fingerprint density at radius 2 is 1.56 bits per heavy atom. The van der Waals surface area contributed by atoms with Crippen molar-refractivity contribution in [3.63, 3.8) is 0 Å². The Balaban J connectivity index is 2.36. The third kappa shape index (κ3) is 4.91. The van der Waals surface area contributed by atoms with Crippen LogP contribution in [0.2, 0.25) is 0 Å². The van der Waals surface area contributed by atoms with Gasteiger partial charge in [-0.2, -0.15) is 0 Å². The fraction of sp³-hybridized carbons (Fsp3) is 0.538. The van der Waals surface area contributed by atoms with Crippen molar-refractivity contribution in [1.82, 2.24) is 0 Å². The van der Waals surface area contributed by atoms with Crippen molar-refractivity contribution < 1.29 is 4.92 Å². The Morgan fingerprint density at radius 1 is 1.06 bits per heavy atom. The third-order valence-corrected chi connectivity index (χ3v) is 2.65. The van der Waals surface area contributed by atoms with E-state index in [1.807, 2.05) is 0 Å². The number of hydrogen-bond donors (Lipinski definition) is 0. The minimum atomic E-state index is -0.254. The van der Waals surface area contributed by atoms with Crippen LogP contribution in [-0.4, -0.2) is 11.5 Å². The lowest BCUT2D eigenvalue weighted by atomic mass is 10.0. The second-order valence-corrected chi connectivity index (χ2v) is 4.08. The van der Waals surface area contributed by atoms with Crippen molar-refractivity contribution in [1.29, 1.82) is 0 Å². The van der Waals surface area contributed by atoms with Crippen molar-refractivity contribution in [2.75, 3.05) is 6.54 Å². The largest absolute Gasteiger partial charge is 0.265 e. The molecule has 0 saturated heterocycles. The molecule has 0 radical (unpaired) electrons. The lowest BCUT2D eigenvalue weighted by Crippen LogP contribution is -2.01. The first-order valence-electron chi connectivity index (χ1n) is 5.92. The molecule has 0 aromatic heterocycles. The SMILES string of the molecule is CCCCc1ccc(CCC[N+](=O)[O-])cc1. The first kappa shape index (κ1) is 12.7. The van der Waals surface area contributed by atoms with E-state index in [2.05, 4.69) is 31.2 Å². The molecule has 3 heteroatoms. The average Bonchev–Trinajstić information content (AvgIpc) is 2.27. The molecule has 3 nitrogen and oxygen atoms in total. The van der Waals surface area contributed by atoms with E-state index in [0.717, 1.165) is 12.8 Å². The number of rotatable bonds is 7. The zero-order chi connectivity index (χ0) is 11.8. The predicted octanol–water partition coefficient (Wildman–Crippen LogP) is 3.24. The number of unbranched alkanes of at least 4 members (excludes halogenated alkanes) is 1. The van der Waals surface area contributed by atoms with Gasteiger partial charge in [-0.3, -0.25) is 10.1 Å². The molecule has 0 bridgehead atoms. The van der Waals surface area contributed by atoms with Gasteiger partial charge in [-0.05, 0) is 30.4 Å². The van der Waals surface area contributed by atoms with Gasteiger partial charge in [0.2, 0.25) is 6.54 Å². The van der Waals surface area contributed by atoms with E-state index < -0.39 is 0 Å². The second-order valence-electron chi connectivity index (χ2n) is 4.08. The Bertz CT molecular complexity index is 319. The van der Waals surface area contributed by atoms with Crippen LogP contribution in [0, 0.1) is 10.1 Å². The van der Waals surface area contributed by atoms with Crippen LogP contribution in [0.25, 0.3) is 0 Å². The quantitative estimate of drug-likeness (QED) is 0.524. The molecule has 0 N–H and O–H groups in total. The van der Waals surface area contributed by atoms with Crippen LogP contribution in [0.3, 0.4) is 0 Å². The van der Waals surface area contributed by atoms with E-state index in [-0.39, 0.29) is 11.5 Å². The van der Waals surface area contributed by atoms with Crippen LogP contribution >= 0.6 is 0 Å². The zero-order valence-corrected chi connectivity index (χ0v) is 9.82. The van der Waals surface area contributed by atoms with Gasteiger partial charge in [-0.15, -0.1) is 0 Å². The molecule has 1 aromatic rings. The fourth-order valence-corrected chi connectivity index (χ4v) is 1.67. The van der Waals surface area contributed by atoms with Gasteiger partial charge in [0.25, 0.3) is 0 Å². The Kier molecular flexibility index (Phi) is 5.54. The molecular formula is C13H19NO2. The molecule has 1 aromatic carbocycles. The smallest absolute Gasteiger partial charge is 0.204 e. The normalized spacial score (nSPS) is 10.3. The van der Waals surface area contributed by atoms with Gasteiger partial charge in [0.1, 0.15) is 0 Å². The minimum Gasteiger partial charge on any atom is -0.265 e. The molecular weight excluding hydrogens is 202 g/mol. The molecule has 0 atom stereocenters. The van der Waals surface area contributed by atoms with Crippen LogP contribution < -0.4 is 0 Å². The Hall–Kier alpha value is -1.38. The van der Waals surface area contributed by atoms with Gasteiger partial charge >= 0.3 is 0 Å². The van der Waals surface area contributed by atoms with Crippen LogP contribution in [0.15, 0.2) is 24.3 Å². The molecule has 0 aliphatic carbocycles. The van der Waals surface area contributed by atoms with E-state index >= 15 is 0 Å². The molecule has 0 heterocycles. The van der Waals surface area contributed by atoms with Gasteiger partial charge < -0.3 is 0 Å². The zero-order valence-electron chi connectivity index (χ0n) is 9.82. The van der Waals surface area contributed by atoms with Crippen molar-refractivity contribution in [2.24, 2.45) is 0 Å². The maximum absolute atomic E-state index is 10.2. The highest BCUT2D eigenvalue weighted by Gasteiger charge is 1.99. The van der Waals surface area contributed by atoms with Crippen LogP contribution in [0.1, 0.15) is 37.3 Å². The minimum absolute atomic E-state index is 0.0670. The summed E-state index contributed by atoms with van der Waals surface area (Å²) in [5.41, 5.74) is 2.56.